The number of halogens is 1. The fourth-order valence-corrected chi connectivity index (χ4v) is 0.282. The van der Waals surface area contributed by atoms with Gasteiger partial charge in [0.15, 0.2) is 0 Å². The lowest BCUT2D eigenvalue weighted by Crippen LogP contribution is -2.26. The molecule has 8 heavy (non-hydrogen) atoms. The summed E-state index contributed by atoms with van der Waals surface area (Å²) < 4.78 is -0.505. The molecule has 0 bridgehead atoms. The van der Waals surface area contributed by atoms with Crippen molar-refractivity contribution in [3.63, 3.8) is 0 Å². The maximum atomic E-state index is 10.1. The van der Waals surface area contributed by atoms with Gasteiger partial charge in [0.2, 0.25) is 0 Å². The highest BCUT2D eigenvalue weighted by Crippen LogP contribution is 1.94. The second-order valence-corrected chi connectivity index (χ2v) is 2.02. The molecule has 0 radical (unpaired) electrons. The van der Waals surface area contributed by atoms with Crippen molar-refractivity contribution in [2.24, 2.45) is 0 Å². The topological polar surface area (TPSA) is 57.6 Å². The molecule has 46 valence electrons. The van der Waals surface area contributed by atoms with Crippen LogP contribution in [0.4, 0.5) is 9.59 Å². The standard InChI is InChI=1S/C3H4INO3/c1-5(2(4)6)3(7)8/h1H3,(H,7,8). The van der Waals surface area contributed by atoms with Crippen LogP contribution in [0.3, 0.4) is 0 Å². The number of rotatable bonds is 0. The highest BCUT2D eigenvalue weighted by atomic mass is 127. The van der Waals surface area contributed by atoms with Crippen molar-refractivity contribution < 1.29 is 14.7 Å². The van der Waals surface area contributed by atoms with Gasteiger partial charge in [-0.3, -0.25) is 4.79 Å². The van der Waals surface area contributed by atoms with E-state index in [-0.39, 0.29) is 0 Å². The number of nitrogens with zero attached hydrogens (tertiary/aromatic N) is 1. The van der Waals surface area contributed by atoms with Crippen molar-refractivity contribution in [3.05, 3.63) is 0 Å². The average molecular weight is 229 g/mol. The molecule has 2 amide bonds. The van der Waals surface area contributed by atoms with E-state index in [2.05, 4.69) is 0 Å². The summed E-state index contributed by atoms with van der Waals surface area (Å²) in [5.41, 5.74) is 0. The zero-order valence-corrected chi connectivity index (χ0v) is 6.25. The lowest BCUT2D eigenvalue weighted by molar-refractivity contribution is 0.165. The van der Waals surface area contributed by atoms with Gasteiger partial charge in [-0.2, -0.15) is 0 Å². The summed E-state index contributed by atoms with van der Waals surface area (Å²) >= 11 is 1.39. The van der Waals surface area contributed by atoms with Crippen LogP contribution in [0.25, 0.3) is 0 Å². The third-order valence-electron chi connectivity index (χ3n) is 0.551. The molecule has 0 atom stereocenters. The Morgan fingerprint density at radius 3 is 2.00 bits per heavy atom. The number of carbonyl (C=O) groups is 2. The van der Waals surface area contributed by atoms with Gasteiger partial charge < -0.3 is 5.11 Å². The zero-order valence-electron chi connectivity index (χ0n) is 4.09. The van der Waals surface area contributed by atoms with Gasteiger partial charge in [0, 0.05) is 29.6 Å². The van der Waals surface area contributed by atoms with Crippen LogP contribution < -0.4 is 0 Å². The van der Waals surface area contributed by atoms with Crippen molar-refractivity contribution in [2.45, 2.75) is 0 Å². The van der Waals surface area contributed by atoms with Crippen LogP contribution in [-0.2, 0) is 0 Å². The summed E-state index contributed by atoms with van der Waals surface area (Å²) in [4.78, 5) is 20.6. The van der Waals surface area contributed by atoms with Crippen LogP contribution in [0, 0.1) is 0 Å². The molecule has 0 unspecified atom stereocenters. The van der Waals surface area contributed by atoms with E-state index < -0.39 is 10.0 Å². The Bertz CT molecular complexity index is 110. The smallest absolute Gasteiger partial charge is 0.414 e. The average Bonchev–Trinajstić information content (AvgIpc) is 1.64. The summed E-state index contributed by atoms with van der Waals surface area (Å²) in [7, 11) is 1.19. The predicted octanol–water partition coefficient (Wildman–Crippen LogP) is 1.15. The van der Waals surface area contributed by atoms with Gasteiger partial charge in [0.1, 0.15) is 0 Å². The van der Waals surface area contributed by atoms with Crippen molar-refractivity contribution in [1.29, 1.82) is 0 Å². The highest BCUT2D eigenvalue weighted by Gasteiger charge is 2.09. The molecule has 0 rings (SSSR count). The molecule has 0 fully saturated rings. The molecule has 0 saturated heterocycles. The number of imide groups is 1. The van der Waals surface area contributed by atoms with Crippen molar-refractivity contribution in [3.8, 4) is 0 Å². The van der Waals surface area contributed by atoms with E-state index in [1.807, 2.05) is 0 Å². The van der Waals surface area contributed by atoms with Gasteiger partial charge in [0.05, 0.1) is 0 Å². The second kappa shape index (κ2) is 2.85. The van der Waals surface area contributed by atoms with Crippen LogP contribution in [0.2, 0.25) is 0 Å². The SMILES string of the molecule is CN(C(=O)O)C(=O)I. The number of hydrogen-bond donors (Lipinski definition) is 1. The number of amides is 2. The fourth-order valence-electron chi connectivity index (χ4n) is 0.0752. The summed E-state index contributed by atoms with van der Waals surface area (Å²) in [6.07, 6.45) is -1.23. The first kappa shape index (κ1) is 7.67. The molecule has 0 aliphatic carbocycles. The minimum atomic E-state index is -1.23. The minimum absolute atomic E-state index is 0.505. The van der Waals surface area contributed by atoms with Crippen LogP contribution in [-0.4, -0.2) is 27.1 Å². The Kier molecular flexibility index (Phi) is 2.74. The van der Waals surface area contributed by atoms with Crippen molar-refractivity contribution >= 4 is 32.6 Å². The fraction of sp³-hybridized carbons (Fsp3) is 0.333. The van der Waals surface area contributed by atoms with E-state index in [1.165, 1.54) is 29.6 Å². The second-order valence-electron chi connectivity index (χ2n) is 1.09. The van der Waals surface area contributed by atoms with E-state index in [0.717, 1.165) is 0 Å². The quantitative estimate of drug-likeness (QED) is 0.385. The van der Waals surface area contributed by atoms with Gasteiger partial charge in [-0.05, 0) is 0 Å². The normalized spacial score (nSPS) is 8.25. The summed E-state index contributed by atoms with van der Waals surface area (Å²) in [6.45, 7) is 0. The third kappa shape index (κ3) is 2.10. The van der Waals surface area contributed by atoms with Gasteiger partial charge in [-0.1, -0.05) is 0 Å². The first-order valence-electron chi connectivity index (χ1n) is 1.72. The van der Waals surface area contributed by atoms with Gasteiger partial charge >= 0.3 is 6.09 Å². The molecule has 0 aliphatic heterocycles. The Balaban J connectivity index is 3.83. The molecule has 0 spiro atoms. The van der Waals surface area contributed by atoms with Gasteiger partial charge in [0.25, 0.3) is 3.91 Å². The largest absolute Gasteiger partial charge is 0.465 e. The van der Waals surface area contributed by atoms with Crippen molar-refractivity contribution in [1.82, 2.24) is 4.90 Å². The van der Waals surface area contributed by atoms with E-state index in [4.69, 9.17) is 5.11 Å². The van der Waals surface area contributed by atoms with Gasteiger partial charge in [-0.15, -0.1) is 0 Å². The summed E-state index contributed by atoms with van der Waals surface area (Å²) in [6, 6.07) is 0. The molecule has 0 aromatic heterocycles. The Labute approximate surface area is 59.6 Å². The number of hydrogen-bond acceptors (Lipinski definition) is 2. The Hall–Kier alpha value is -0.330. The molecule has 5 heteroatoms. The first-order valence-corrected chi connectivity index (χ1v) is 2.79. The van der Waals surface area contributed by atoms with E-state index >= 15 is 0 Å². The number of carboxylic acid groups (broad SMARTS) is 1. The van der Waals surface area contributed by atoms with Crippen molar-refractivity contribution in [2.75, 3.05) is 7.05 Å². The lowest BCUT2D eigenvalue weighted by Gasteiger charge is -2.03. The van der Waals surface area contributed by atoms with E-state index in [9.17, 15) is 9.59 Å². The first-order chi connectivity index (χ1) is 3.55. The lowest BCUT2D eigenvalue weighted by atomic mass is 10.9. The van der Waals surface area contributed by atoms with Crippen LogP contribution in [0.5, 0.6) is 0 Å². The third-order valence-corrected chi connectivity index (χ3v) is 1.27. The maximum Gasteiger partial charge on any atom is 0.414 e. The Morgan fingerprint density at radius 1 is 1.62 bits per heavy atom. The Morgan fingerprint density at radius 2 is 2.00 bits per heavy atom. The van der Waals surface area contributed by atoms with Gasteiger partial charge in [-0.25, -0.2) is 9.69 Å². The molecule has 0 aromatic carbocycles. The van der Waals surface area contributed by atoms with E-state index in [1.54, 1.807) is 0 Å². The molecule has 0 heterocycles. The van der Waals surface area contributed by atoms with Crippen LogP contribution in [0.15, 0.2) is 0 Å². The summed E-state index contributed by atoms with van der Waals surface area (Å²) in [5, 5.41) is 8.05. The van der Waals surface area contributed by atoms with Crippen LogP contribution in [0.1, 0.15) is 0 Å². The maximum absolute atomic E-state index is 10.1. The molecule has 0 aromatic rings. The summed E-state index contributed by atoms with van der Waals surface area (Å²) in [5.74, 6) is 0. The monoisotopic (exact) mass is 229 g/mol. The molecule has 4 nitrogen and oxygen atoms in total. The van der Waals surface area contributed by atoms with E-state index in [0.29, 0.717) is 4.90 Å². The molecule has 0 aliphatic rings. The highest BCUT2D eigenvalue weighted by molar-refractivity contribution is 14.1. The predicted molar refractivity (Wildman–Crippen MR) is 35.2 cm³/mol. The molecule has 0 saturated carbocycles. The minimum Gasteiger partial charge on any atom is -0.465 e. The molecular formula is C3H4INO3. The molecule has 1 N–H and O–H groups in total. The number of carbonyl (C=O) groups excluding carboxylic acids is 1. The molecular weight excluding hydrogens is 225 g/mol. The van der Waals surface area contributed by atoms with Crippen LogP contribution >= 0.6 is 22.6 Å². The zero-order chi connectivity index (χ0) is 6.73.